The molecule has 8 heteroatoms. The van der Waals surface area contributed by atoms with Gasteiger partial charge in [-0.2, -0.15) is 0 Å². The van der Waals surface area contributed by atoms with Crippen LogP contribution in [0.4, 0.5) is 4.79 Å². The molecule has 1 rings (SSSR count). The highest BCUT2D eigenvalue weighted by Crippen LogP contribution is 2.21. The van der Waals surface area contributed by atoms with Gasteiger partial charge in [-0.3, -0.25) is 14.5 Å². The minimum atomic E-state index is -1.28. The summed E-state index contributed by atoms with van der Waals surface area (Å²) in [7, 11) is 0. The Labute approximate surface area is 121 Å². The zero-order valence-electron chi connectivity index (χ0n) is 12.2. The van der Waals surface area contributed by atoms with Crippen LogP contribution < -0.4 is 5.32 Å². The molecule has 0 aromatic heterocycles. The largest absolute Gasteiger partial charge is 0.478 e. The van der Waals surface area contributed by atoms with E-state index in [1.165, 1.54) is 0 Å². The molecule has 1 aliphatic rings. The number of likely N-dealkylation sites (tertiary alicyclic amines) is 1. The molecule has 0 spiro atoms. The van der Waals surface area contributed by atoms with E-state index in [9.17, 15) is 19.2 Å². The van der Waals surface area contributed by atoms with E-state index < -0.39 is 41.6 Å². The molecule has 0 aromatic carbocycles. The Morgan fingerprint density at radius 2 is 1.86 bits per heavy atom. The summed E-state index contributed by atoms with van der Waals surface area (Å²) in [5.74, 6) is -2.63. The maximum Gasteiger partial charge on any atom is 0.408 e. The van der Waals surface area contributed by atoms with Gasteiger partial charge in [0.15, 0.2) is 0 Å². The van der Waals surface area contributed by atoms with E-state index in [-0.39, 0.29) is 0 Å². The standard InChI is InChI=1S/C13H18N2O6/c1-7-10(14-12(20)21-13(2,3)4)11(19)15(7)8(16)5-6-9(17)18/h5-7,10H,1-4H3,(H,14,20)(H,17,18)/b6-5+/t7-,10-/m0/s1. The number of nitrogens with zero attached hydrogens (tertiary/aromatic N) is 1. The van der Waals surface area contributed by atoms with Crippen LogP contribution in [0, 0.1) is 0 Å². The predicted molar refractivity (Wildman–Crippen MR) is 71.2 cm³/mol. The molecule has 1 saturated heterocycles. The Morgan fingerprint density at radius 1 is 1.29 bits per heavy atom. The van der Waals surface area contributed by atoms with Gasteiger partial charge in [-0.25, -0.2) is 9.59 Å². The molecule has 0 aromatic rings. The Balaban J connectivity index is 2.60. The second-order valence-corrected chi connectivity index (χ2v) is 5.58. The lowest BCUT2D eigenvalue weighted by Gasteiger charge is -2.43. The zero-order valence-corrected chi connectivity index (χ0v) is 12.2. The lowest BCUT2D eigenvalue weighted by atomic mass is 9.96. The minimum Gasteiger partial charge on any atom is -0.478 e. The Hall–Kier alpha value is -2.38. The van der Waals surface area contributed by atoms with E-state index in [1.807, 2.05) is 0 Å². The van der Waals surface area contributed by atoms with E-state index in [2.05, 4.69) is 5.32 Å². The Kier molecular flexibility index (Phi) is 4.72. The van der Waals surface area contributed by atoms with Crippen molar-refractivity contribution in [2.24, 2.45) is 0 Å². The average Bonchev–Trinajstić information content (AvgIpc) is 2.31. The molecule has 1 aliphatic heterocycles. The van der Waals surface area contributed by atoms with Crippen molar-refractivity contribution in [2.75, 3.05) is 0 Å². The average molecular weight is 298 g/mol. The highest BCUT2D eigenvalue weighted by atomic mass is 16.6. The first-order chi connectivity index (χ1) is 9.53. The van der Waals surface area contributed by atoms with E-state index >= 15 is 0 Å². The van der Waals surface area contributed by atoms with Crippen LogP contribution in [0.15, 0.2) is 12.2 Å². The van der Waals surface area contributed by atoms with Crippen molar-refractivity contribution in [1.29, 1.82) is 0 Å². The molecule has 116 valence electrons. The van der Waals surface area contributed by atoms with Crippen LogP contribution in [0.3, 0.4) is 0 Å². The molecule has 0 radical (unpaired) electrons. The van der Waals surface area contributed by atoms with Crippen molar-refractivity contribution in [3.63, 3.8) is 0 Å². The predicted octanol–water partition coefficient (Wildman–Crippen LogP) is 0.278. The van der Waals surface area contributed by atoms with Crippen LogP contribution >= 0.6 is 0 Å². The number of carbonyl (C=O) groups is 4. The molecular weight excluding hydrogens is 280 g/mol. The fraction of sp³-hybridized carbons (Fsp3) is 0.538. The second-order valence-electron chi connectivity index (χ2n) is 5.58. The summed E-state index contributed by atoms with van der Waals surface area (Å²) in [4.78, 5) is 46.2. The molecule has 1 fully saturated rings. The number of amides is 3. The first-order valence-corrected chi connectivity index (χ1v) is 6.30. The number of hydrogen-bond acceptors (Lipinski definition) is 5. The van der Waals surface area contributed by atoms with Crippen LogP contribution in [0.1, 0.15) is 27.7 Å². The molecule has 0 saturated carbocycles. The lowest BCUT2D eigenvalue weighted by Crippen LogP contribution is -2.71. The van der Waals surface area contributed by atoms with Gasteiger partial charge in [-0.15, -0.1) is 0 Å². The number of hydrogen-bond donors (Lipinski definition) is 2. The van der Waals surface area contributed by atoms with Crippen molar-refractivity contribution in [2.45, 2.75) is 45.4 Å². The third-order valence-electron chi connectivity index (χ3n) is 2.67. The smallest absolute Gasteiger partial charge is 0.408 e. The normalized spacial score (nSPS) is 21.9. The lowest BCUT2D eigenvalue weighted by molar-refractivity contribution is -0.158. The number of ether oxygens (including phenoxy) is 1. The first-order valence-electron chi connectivity index (χ1n) is 6.30. The van der Waals surface area contributed by atoms with Gasteiger partial charge < -0.3 is 15.2 Å². The van der Waals surface area contributed by atoms with Crippen molar-refractivity contribution >= 4 is 23.9 Å². The molecule has 1 heterocycles. The quantitative estimate of drug-likeness (QED) is 0.571. The van der Waals surface area contributed by atoms with Gasteiger partial charge in [-0.05, 0) is 27.7 Å². The molecule has 2 N–H and O–H groups in total. The van der Waals surface area contributed by atoms with Gasteiger partial charge in [0.2, 0.25) is 0 Å². The van der Waals surface area contributed by atoms with Gasteiger partial charge >= 0.3 is 12.1 Å². The number of aliphatic carboxylic acids is 1. The minimum absolute atomic E-state index is 0.573. The fourth-order valence-corrected chi connectivity index (χ4v) is 1.77. The highest BCUT2D eigenvalue weighted by molar-refractivity contribution is 6.09. The molecule has 21 heavy (non-hydrogen) atoms. The van der Waals surface area contributed by atoms with Gasteiger partial charge in [-0.1, -0.05) is 0 Å². The number of alkyl carbamates (subject to hydrolysis) is 1. The maximum atomic E-state index is 11.8. The third-order valence-corrected chi connectivity index (χ3v) is 2.67. The molecule has 3 amide bonds. The van der Waals surface area contributed by atoms with E-state index in [1.54, 1.807) is 27.7 Å². The summed E-state index contributed by atoms with van der Waals surface area (Å²) in [6, 6.07) is -1.43. The molecule has 0 aliphatic carbocycles. The highest BCUT2D eigenvalue weighted by Gasteiger charge is 2.48. The number of β-lactam (4-membered cyclic amide) rings is 1. The Morgan fingerprint density at radius 3 is 2.29 bits per heavy atom. The third kappa shape index (κ3) is 4.30. The molecule has 2 atom stereocenters. The topological polar surface area (TPSA) is 113 Å². The summed E-state index contributed by atoms with van der Waals surface area (Å²) in [6.45, 7) is 6.62. The summed E-state index contributed by atoms with van der Waals surface area (Å²) >= 11 is 0. The fourth-order valence-electron chi connectivity index (χ4n) is 1.77. The van der Waals surface area contributed by atoms with Gasteiger partial charge in [0.25, 0.3) is 11.8 Å². The van der Waals surface area contributed by atoms with Crippen LogP contribution in [0.2, 0.25) is 0 Å². The zero-order chi connectivity index (χ0) is 16.4. The first kappa shape index (κ1) is 16.7. The Bertz CT molecular complexity index is 505. The summed E-state index contributed by atoms with van der Waals surface area (Å²) in [5, 5.41) is 10.8. The number of carboxylic acid groups (broad SMARTS) is 1. The van der Waals surface area contributed by atoms with Gasteiger partial charge in [0, 0.05) is 12.2 Å². The number of carboxylic acids is 1. The van der Waals surface area contributed by atoms with Crippen LogP contribution in [0.25, 0.3) is 0 Å². The molecule has 8 nitrogen and oxygen atoms in total. The summed E-state index contributed by atoms with van der Waals surface area (Å²) < 4.78 is 5.02. The van der Waals surface area contributed by atoms with Crippen LogP contribution in [-0.2, 0) is 19.1 Å². The number of rotatable bonds is 3. The molecule has 0 unspecified atom stereocenters. The number of imide groups is 1. The number of nitrogens with one attached hydrogen (secondary N) is 1. The van der Waals surface area contributed by atoms with Crippen molar-refractivity contribution in [3.8, 4) is 0 Å². The van der Waals surface area contributed by atoms with E-state index in [4.69, 9.17) is 9.84 Å². The maximum absolute atomic E-state index is 11.8. The number of carbonyl (C=O) groups excluding carboxylic acids is 3. The van der Waals surface area contributed by atoms with Crippen molar-refractivity contribution in [3.05, 3.63) is 12.2 Å². The second kappa shape index (κ2) is 5.94. The summed E-state index contributed by atoms with van der Waals surface area (Å²) in [6.07, 6.45) is 0.693. The SMILES string of the molecule is C[C@H]1[C@H](NC(=O)OC(C)(C)C)C(=O)N1C(=O)/C=C/C(=O)O. The van der Waals surface area contributed by atoms with Crippen molar-refractivity contribution in [1.82, 2.24) is 10.2 Å². The molecular formula is C13H18N2O6. The molecule has 0 bridgehead atoms. The van der Waals surface area contributed by atoms with Crippen molar-refractivity contribution < 1.29 is 29.0 Å². The van der Waals surface area contributed by atoms with Crippen LogP contribution in [-0.4, -0.2) is 51.6 Å². The monoisotopic (exact) mass is 298 g/mol. The van der Waals surface area contributed by atoms with Gasteiger partial charge in [0.05, 0.1) is 6.04 Å². The van der Waals surface area contributed by atoms with Crippen LogP contribution in [0.5, 0.6) is 0 Å². The summed E-state index contributed by atoms with van der Waals surface area (Å²) in [5.41, 5.74) is -0.695. The van der Waals surface area contributed by atoms with Gasteiger partial charge in [0.1, 0.15) is 11.6 Å². The van der Waals surface area contributed by atoms with E-state index in [0.29, 0.717) is 6.08 Å². The van der Waals surface area contributed by atoms with E-state index in [0.717, 1.165) is 11.0 Å².